The molecule has 0 aromatic heterocycles. The number of benzene rings is 2. The molecule has 1 N–H and O–H groups in total. The molecule has 0 saturated carbocycles. The van der Waals surface area contributed by atoms with Crippen LogP contribution in [-0.2, 0) is 11.2 Å². The predicted molar refractivity (Wildman–Crippen MR) is 90.9 cm³/mol. The first-order valence-corrected chi connectivity index (χ1v) is 8.20. The van der Waals surface area contributed by atoms with Crippen molar-refractivity contribution in [1.29, 1.82) is 0 Å². The van der Waals surface area contributed by atoms with Crippen LogP contribution in [-0.4, -0.2) is 30.0 Å². The van der Waals surface area contributed by atoms with Crippen LogP contribution in [0, 0.1) is 0 Å². The van der Waals surface area contributed by atoms with Crippen molar-refractivity contribution in [1.82, 2.24) is 0 Å². The van der Waals surface area contributed by atoms with E-state index in [0.29, 0.717) is 12.8 Å². The van der Waals surface area contributed by atoms with Gasteiger partial charge in [-0.2, -0.15) is 0 Å². The number of ether oxygens (including phenoxy) is 1. The Kier molecular flexibility index (Phi) is 4.91. The summed E-state index contributed by atoms with van der Waals surface area (Å²) in [4.78, 5) is 13.7. The number of aryl methyl sites for hydroxylation is 1. The fraction of sp³-hybridized carbons (Fsp3) is 0.316. The molecule has 0 fully saturated rings. The van der Waals surface area contributed by atoms with Crippen molar-refractivity contribution in [3.63, 3.8) is 0 Å². The van der Waals surface area contributed by atoms with Crippen LogP contribution < -0.4 is 9.64 Å². The highest BCUT2D eigenvalue weighted by molar-refractivity contribution is 5.97. The number of β-amino-alcohol motifs (C(OH)–C–C–N with tert-alkyl or cyclic N) is 1. The molecule has 1 aliphatic rings. The topological polar surface area (TPSA) is 49.8 Å². The standard InChI is InChI=1S/C19H18F3NO3/c1-12(24)11-23-17-8-4-14(10-15(17)5-9-18(23)25)13-2-6-16(7-3-13)26-19(20,21)22/h2-4,6-8,10,12,24H,5,9,11H2,1H3. The number of fused-ring (bicyclic) bond motifs is 1. The maximum absolute atomic E-state index is 12.2. The number of hydrogen-bond donors (Lipinski definition) is 1. The van der Waals surface area contributed by atoms with E-state index < -0.39 is 12.5 Å². The lowest BCUT2D eigenvalue weighted by atomic mass is 9.95. The van der Waals surface area contributed by atoms with Gasteiger partial charge in [-0.25, -0.2) is 0 Å². The van der Waals surface area contributed by atoms with Crippen molar-refractivity contribution in [2.45, 2.75) is 32.2 Å². The first-order valence-electron chi connectivity index (χ1n) is 8.20. The minimum Gasteiger partial charge on any atom is -0.406 e. The first kappa shape index (κ1) is 18.3. The van der Waals surface area contributed by atoms with E-state index in [-0.39, 0.29) is 18.2 Å². The van der Waals surface area contributed by atoms with Crippen LogP contribution in [0.4, 0.5) is 18.9 Å². The summed E-state index contributed by atoms with van der Waals surface area (Å²) in [5, 5.41) is 9.60. The number of aliphatic hydroxyl groups excluding tert-OH is 1. The Bertz CT molecular complexity index is 801. The highest BCUT2D eigenvalue weighted by atomic mass is 19.4. The number of hydrogen-bond acceptors (Lipinski definition) is 3. The maximum Gasteiger partial charge on any atom is 0.573 e. The summed E-state index contributed by atoms with van der Waals surface area (Å²) in [6, 6.07) is 11.2. The summed E-state index contributed by atoms with van der Waals surface area (Å²) in [5.41, 5.74) is 3.33. The highest BCUT2D eigenvalue weighted by Gasteiger charge is 2.31. The quantitative estimate of drug-likeness (QED) is 0.894. The molecule has 1 atom stereocenters. The molecule has 1 amide bonds. The third-order valence-corrected chi connectivity index (χ3v) is 4.15. The van der Waals surface area contributed by atoms with E-state index in [4.69, 9.17) is 0 Å². The van der Waals surface area contributed by atoms with Crippen LogP contribution in [0.2, 0.25) is 0 Å². The first-order chi connectivity index (χ1) is 12.2. The van der Waals surface area contributed by atoms with Crippen LogP contribution >= 0.6 is 0 Å². The zero-order valence-electron chi connectivity index (χ0n) is 14.1. The van der Waals surface area contributed by atoms with Crippen molar-refractivity contribution >= 4 is 11.6 Å². The van der Waals surface area contributed by atoms with Gasteiger partial charge < -0.3 is 14.7 Å². The lowest BCUT2D eigenvalue weighted by molar-refractivity contribution is -0.274. The van der Waals surface area contributed by atoms with Crippen LogP contribution in [0.5, 0.6) is 5.75 Å². The summed E-state index contributed by atoms with van der Waals surface area (Å²) in [5.74, 6) is -0.298. The van der Waals surface area contributed by atoms with E-state index in [2.05, 4.69) is 4.74 Å². The molecule has 1 aliphatic heterocycles. The van der Waals surface area contributed by atoms with Gasteiger partial charge in [0.25, 0.3) is 0 Å². The number of nitrogens with zero attached hydrogens (tertiary/aromatic N) is 1. The number of carbonyl (C=O) groups is 1. The van der Waals surface area contributed by atoms with Gasteiger partial charge in [0.15, 0.2) is 0 Å². The van der Waals surface area contributed by atoms with Crippen molar-refractivity contribution in [3.8, 4) is 16.9 Å². The van der Waals surface area contributed by atoms with Gasteiger partial charge in [-0.3, -0.25) is 4.79 Å². The average Bonchev–Trinajstić information content (AvgIpc) is 2.56. The molecule has 0 bridgehead atoms. The van der Waals surface area contributed by atoms with E-state index in [1.54, 1.807) is 24.0 Å². The Labute approximate surface area is 148 Å². The number of amides is 1. The fourth-order valence-corrected chi connectivity index (χ4v) is 3.05. The SMILES string of the molecule is CC(O)CN1C(=O)CCc2cc(-c3ccc(OC(F)(F)F)cc3)ccc21. The second-order valence-electron chi connectivity index (χ2n) is 6.27. The zero-order valence-corrected chi connectivity index (χ0v) is 14.1. The molecule has 26 heavy (non-hydrogen) atoms. The molecule has 4 nitrogen and oxygen atoms in total. The molecule has 1 unspecified atom stereocenters. The molecular formula is C19H18F3NO3. The van der Waals surface area contributed by atoms with Crippen LogP contribution in [0.3, 0.4) is 0 Å². The van der Waals surface area contributed by atoms with E-state index in [0.717, 1.165) is 22.4 Å². The normalized spacial score (nSPS) is 15.6. The molecule has 2 aromatic carbocycles. The molecule has 1 heterocycles. The fourth-order valence-electron chi connectivity index (χ4n) is 3.05. The average molecular weight is 365 g/mol. The van der Waals surface area contributed by atoms with Gasteiger partial charge in [-0.05, 0) is 54.3 Å². The molecule has 0 spiro atoms. The van der Waals surface area contributed by atoms with Gasteiger partial charge in [0.1, 0.15) is 5.75 Å². The van der Waals surface area contributed by atoms with Gasteiger partial charge in [0.05, 0.1) is 12.6 Å². The molecule has 3 rings (SSSR count). The van der Waals surface area contributed by atoms with Gasteiger partial charge in [0, 0.05) is 12.1 Å². The second kappa shape index (κ2) is 6.99. The summed E-state index contributed by atoms with van der Waals surface area (Å²) in [6.45, 7) is 1.86. The third kappa shape index (κ3) is 4.16. The Hall–Kier alpha value is -2.54. The smallest absolute Gasteiger partial charge is 0.406 e. The zero-order chi connectivity index (χ0) is 18.9. The Morgan fingerprint density at radius 3 is 2.38 bits per heavy atom. The predicted octanol–water partition coefficient (Wildman–Crippen LogP) is 3.91. The molecule has 0 aliphatic carbocycles. The summed E-state index contributed by atoms with van der Waals surface area (Å²) in [6.07, 6.45) is -4.40. The summed E-state index contributed by atoms with van der Waals surface area (Å²) < 4.78 is 40.6. The maximum atomic E-state index is 12.2. The summed E-state index contributed by atoms with van der Waals surface area (Å²) >= 11 is 0. The van der Waals surface area contributed by atoms with Gasteiger partial charge in [0.2, 0.25) is 5.91 Å². The third-order valence-electron chi connectivity index (χ3n) is 4.15. The lowest BCUT2D eigenvalue weighted by Gasteiger charge is -2.30. The molecule has 0 saturated heterocycles. The van der Waals surface area contributed by atoms with E-state index >= 15 is 0 Å². The highest BCUT2D eigenvalue weighted by Crippen LogP contribution is 2.33. The van der Waals surface area contributed by atoms with Crippen molar-refractivity contribution in [2.24, 2.45) is 0 Å². The second-order valence-corrected chi connectivity index (χ2v) is 6.27. The van der Waals surface area contributed by atoms with Crippen LogP contribution in [0.25, 0.3) is 11.1 Å². The lowest BCUT2D eigenvalue weighted by Crippen LogP contribution is -2.39. The van der Waals surface area contributed by atoms with E-state index in [1.807, 2.05) is 18.2 Å². The van der Waals surface area contributed by atoms with Gasteiger partial charge >= 0.3 is 6.36 Å². The minimum atomic E-state index is -4.72. The Morgan fingerprint density at radius 2 is 1.77 bits per heavy atom. The van der Waals surface area contributed by atoms with Gasteiger partial charge in [-0.15, -0.1) is 13.2 Å². The monoisotopic (exact) mass is 365 g/mol. The number of carbonyl (C=O) groups excluding carboxylic acids is 1. The molecule has 2 aromatic rings. The number of halogens is 3. The van der Waals surface area contributed by atoms with E-state index in [1.165, 1.54) is 12.1 Å². The Balaban J connectivity index is 1.86. The van der Waals surface area contributed by atoms with E-state index in [9.17, 15) is 23.1 Å². The number of anilines is 1. The van der Waals surface area contributed by atoms with Crippen LogP contribution in [0.1, 0.15) is 18.9 Å². The molecule has 7 heteroatoms. The largest absolute Gasteiger partial charge is 0.573 e. The molecule has 0 radical (unpaired) electrons. The van der Waals surface area contributed by atoms with Crippen molar-refractivity contribution in [3.05, 3.63) is 48.0 Å². The molecular weight excluding hydrogens is 347 g/mol. The molecule has 138 valence electrons. The number of rotatable bonds is 4. The van der Waals surface area contributed by atoms with Crippen LogP contribution in [0.15, 0.2) is 42.5 Å². The van der Waals surface area contributed by atoms with Crippen molar-refractivity contribution in [2.75, 3.05) is 11.4 Å². The van der Waals surface area contributed by atoms with Crippen molar-refractivity contribution < 1.29 is 27.8 Å². The minimum absolute atomic E-state index is 0.0280. The number of alkyl halides is 3. The number of aliphatic hydroxyl groups is 1. The van der Waals surface area contributed by atoms with Gasteiger partial charge in [-0.1, -0.05) is 18.2 Å². The summed E-state index contributed by atoms with van der Waals surface area (Å²) in [7, 11) is 0. The Morgan fingerprint density at radius 1 is 1.12 bits per heavy atom.